The number of hydrogen-bond acceptors (Lipinski definition) is 2. The van der Waals surface area contributed by atoms with Crippen LogP contribution in [0.3, 0.4) is 0 Å². The zero-order valence-corrected chi connectivity index (χ0v) is 14.7. The lowest BCUT2D eigenvalue weighted by Crippen LogP contribution is -2.32. The summed E-state index contributed by atoms with van der Waals surface area (Å²) in [7, 11) is 0. The molecule has 129 valence electrons. The summed E-state index contributed by atoms with van der Waals surface area (Å²) in [5.41, 5.74) is 0. The van der Waals surface area contributed by atoms with Crippen LogP contribution in [-0.4, -0.2) is 18.7 Å². The standard InChI is InChI=1S/C19H36NO2/c1-2-3-4-5-6-7-8-9-10-11-12-16-19(21)22-18-15-13-14-17-20-18/h18H,2-17H2,1H3. The van der Waals surface area contributed by atoms with Crippen molar-refractivity contribution in [1.82, 2.24) is 5.32 Å². The molecule has 0 spiro atoms. The van der Waals surface area contributed by atoms with Gasteiger partial charge in [0, 0.05) is 13.0 Å². The van der Waals surface area contributed by atoms with Gasteiger partial charge in [-0.3, -0.25) is 4.79 Å². The van der Waals surface area contributed by atoms with Crippen molar-refractivity contribution < 1.29 is 9.53 Å². The molecule has 1 saturated heterocycles. The summed E-state index contributed by atoms with van der Waals surface area (Å²) in [6, 6.07) is 0. The Morgan fingerprint density at radius 2 is 1.50 bits per heavy atom. The average molecular weight is 311 g/mol. The van der Waals surface area contributed by atoms with Gasteiger partial charge < -0.3 is 4.74 Å². The van der Waals surface area contributed by atoms with E-state index in [1.165, 1.54) is 57.8 Å². The Bertz CT molecular complexity index is 262. The minimum Gasteiger partial charge on any atom is -0.445 e. The average Bonchev–Trinajstić information content (AvgIpc) is 2.53. The van der Waals surface area contributed by atoms with E-state index in [4.69, 9.17) is 4.74 Å². The van der Waals surface area contributed by atoms with Crippen LogP contribution < -0.4 is 5.32 Å². The molecule has 0 N–H and O–H groups in total. The van der Waals surface area contributed by atoms with Crippen LogP contribution in [0, 0.1) is 0 Å². The number of nitrogens with zero attached hydrogens (tertiary/aromatic N) is 1. The number of carbonyl (C=O) groups is 1. The highest BCUT2D eigenvalue weighted by Gasteiger charge is 2.17. The van der Waals surface area contributed by atoms with Crippen molar-refractivity contribution in [1.29, 1.82) is 0 Å². The number of esters is 1. The van der Waals surface area contributed by atoms with Gasteiger partial charge >= 0.3 is 5.97 Å². The Morgan fingerprint density at radius 1 is 0.909 bits per heavy atom. The van der Waals surface area contributed by atoms with Crippen molar-refractivity contribution in [3.63, 3.8) is 0 Å². The molecule has 1 aliphatic heterocycles. The van der Waals surface area contributed by atoms with E-state index in [0.29, 0.717) is 6.42 Å². The van der Waals surface area contributed by atoms with Gasteiger partial charge in [0.05, 0.1) is 0 Å². The van der Waals surface area contributed by atoms with E-state index in [-0.39, 0.29) is 12.2 Å². The van der Waals surface area contributed by atoms with Gasteiger partial charge in [-0.25, -0.2) is 5.32 Å². The molecule has 22 heavy (non-hydrogen) atoms. The van der Waals surface area contributed by atoms with E-state index >= 15 is 0 Å². The van der Waals surface area contributed by atoms with E-state index in [2.05, 4.69) is 12.2 Å². The molecule has 0 aliphatic carbocycles. The Hall–Kier alpha value is -0.570. The number of rotatable bonds is 13. The number of ether oxygens (including phenoxy) is 1. The topological polar surface area (TPSA) is 40.4 Å². The highest BCUT2D eigenvalue weighted by atomic mass is 16.6. The Labute approximate surface area is 137 Å². The van der Waals surface area contributed by atoms with Gasteiger partial charge in [-0.15, -0.1) is 0 Å². The smallest absolute Gasteiger partial charge is 0.307 e. The van der Waals surface area contributed by atoms with Gasteiger partial charge in [0.1, 0.15) is 0 Å². The Kier molecular flexibility index (Phi) is 12.4. The van der Waals surface area contributed by atoms with Crippen molar-refractivity contribution in [2.75, 3.05) is 6.54 Å². The second kappa shape index (κ2) is 14.0. The molecular formula is C19H36NO2. The summed E-state index contributed by atoms with van der Waals surface area (Å²) in [6.45, 7) is 3.12. The van der Waals surface area contributed by atoms with Gasteiger partial charge in [-0.05, 0) is 25.7 Å². The van der Waals surface area contributed by atoms with Crippen molar-refractivity contribution in [3.8, 4) is 0 Å². The van der Waals surface area contributed by atoms with Gasteiger partial charge in [0.25, 0.3) is 0 Å². The second-order valence-electron chi connectivity index (χ2n) is 6.63. The predicted octanol–water partition coefficient (Wildman–Crippen LogP) is 5.35. The molecule has 1 unspecified atom stereocenters. The van der Waals surface area contributed by atoms with Crippen LogP contribution in [-0.2, 0) is 9.53 Å². The SMILES string of the molecule is CCCCCCCCCCCCCC(=O)OC1CCCC[N]1. The third-order valence-electron chi connectivity index (χ3n) is 4.44. The van der Waals surface area contributed by atoms with E-state index in [1.54, 1.807) is 0 Å². The molecule has 1 rings (SSSR count). The quantitative estimate of drug-likeness (QED) is 0.340. The first-order chi connectivity index (χ1) is 10.8. The third-order valence-corrected chi connectivity index (χ3v) is 4.44. The molecule has 0 amide bonds. The predicted molar refractivity (Wildman–Crippen MR) is 91.8 cm³/mol. The third kappa shape index (κ3) is 11.1. The number of unbranched alkanes of at least 4 members (excludes halogenated alkanes) is 10. The molecule has 0 aromatic rings. The first kappa shape index (κ1) is 19.5. The second-order valence-corrected chi connectivity index (χ2v) is 6.63. The molecule has 0 aromatic carbocycles. The molecule has 0 saturated carbocycles. The molecule has 1 atom stereocenters. The molecule has 1 heterocycles. The van der Waals surface area contributed by atoms with Crippen LogP contribution in [0.2, 0.25) is 0 Å². The Balaban J connectivity index is 1.79. The number of carbonyl (C=O) groups excluding carboxylic acids is 1. The molecule has 3 nitrogen and oxygen atoms in total. The number of hydrogen-bond donors (Lipinski definition) is 0. The normalized spacial score (nSPS) is 18.3. The fraction of sp³-hybridized carbons (Fsp3) is 0.947. The van der Waals surface area contributed by atoms with E-state index in [9.17, 15) is 4.79 Å². The van der Waals surface area contributed by atoms with Crippen LogP contribution in [0.25, 0.3) is 0 Å². The van der Waals surface area contributed by atoms with Crippen LogP contribution >= 0.6 is 0 Å². The van der Waals surface area contributed by atoms with Crippen LogP contribution in [0.4, 0.5) is 0 Å². The lowest BCUT2D eigenvalue weighted by Gasteiger charge is -2.21. The summed E-state index contributed by atoms with van der Waals surface area (Å²) < 4.78 is 5.38. The molecule has 1 aliphatic rings. The minimum absolute atomic E-state index is 0.0495. The van der Waals surface area contributed by atoms with Gasteiger partial charge in [-0.1, -0.05) is 71.1 Å². The van der Waals surface area contributed by atoms with Gasteiger partial charge in [0.15, 0.2) is 6.23 Å². The summed E-state index contributed by atoms with van der Waals surface area (Å²) in [6.07, 6.45) is 18.0. The molecule has 1 radical (unpaired) electrons. The zero-order valence-electron chi connectivity index (χ0n) is 14.7. The fourth-order valence-electron chi connectivity index (χ4n) is 3.00. The number of piperidine rings is 1. The first-order valence-electron chi connectivity index (χ1n) is 9.69. The van der Waals surface area contributed by atoms with Crippen LogP contribution in [0.5, 0.6) is 0 Å². The maximum atomic E-state index is 11.7. The first-order valence-corrected chi connectivity index (χ1v) is 9.69. The largest absolute Gasteiger partial charge is 0.445 e. The van der Waals surface area contributed by atoms with Crippen molar-refractivity contribution >= 4 is 5.97 Å². The van der Waals surface area contributed by atoms with Crippen molar-refractivity contribution in [2.24, 2.45) is 0 Å². The van der Waals surface area contributed by atoms with Gasteiger partial charge in [-0.2, -0.15) is 0 Å². The molecule has 3 heteroatoms. The van der Waals surface area contributed by atoms with E-state index in [1.807, 2.05) is 0 Å². The summed E-state index contributed by atoms with van der Waals surface area (Å²) in [5, 5.41) is 4.33. The lowest BCUT2D eigenvalue weighted by atomic mass is 10.1. The lowest BCUT2D eigenvalue weighted by molar-refractivity contribution is -0.152. The Morgan fingerprint density at radius 3 is 2.05 bits per heavy atom. The minimum atomic E-state index is -0.144. The molecule has 0 aromatic heterocycles. The van der Waals surface area contributed by atoms with Crippen molar-refractivity contribution in [3.05, 3.63) is 0 Å². The van der Waals surface area contributed by atoms with E-state index in [0.717, 1.165) is 38.6 Å². The summed E-state index contributed by atoms with van der Waals surface area (Å²) in [5.74, 6) is -0.0495. The maximum Gasteiger partial charge on any atom is 0.307 e. The van der Waals surface area contributed by atoms with Crippen LogP contribution in [0.15, 0.2) is 0 Å². The van der Waals surface area contributed by atoms with Crippen LogP contribution in [0.1, 0.15) is 103 Å². The summed E-state index contributed by atoms with van der Waals surface area (Å²) in [4.78, 5) is 11.7. The van der Waals surface area contributed by atoms with Crippen molar-refractivity contribution in [2.45, 2.75) is 109 Å². The monoisotopic (exact) mass is 310 g/mol. The van der Waals surface area contributed by atoms with E-state index < -0.39 is 0 Å². The molecule has 0 bridgehead atoms. The zero-order chi connectivity index (χ0) is 15.9. The molecule has 1 fully saturated rings. The highest BCUT2D eigenvalue weighted by molar-refractivity contribution is 5.69. The highest BCUT2D eigenvalue weighted by Crippen LogP contribution is 2.14. The van der Waals surface area contributed by atoms with Gasteiger partial charge in [0.2, 0.25) is 0 Å². The molecular weight excluding hydrogens is 274 g/mol. The fourth-order valence-corrected chi connectivity index (χ4v) is 3.00. The summed E-state index contributed by atoms with van der Waals surface area (Å²) >= 11 is 0. The maximum absolute atomic E-state index is 11.7.